The number of hydrogen-bond acceptors (Lipinski definition) is 5. The molecule has 0 bridgehead atoms. The molecule has 80 valence electrons. The molecule has 0 radical (unpaired) electrons. The van der Waals surface area contributed by atoms with Gasteiger partial charge in [0.2, 0.25) is 0 Å². The summed E-state index contributed by atoms with van der Waals surface area (Å²) in [5.74, 6) is 0.779. The maximum Gasteiger partial charge on any atom is 0.364 e. The van der Waals surface area contributed by atoms with Gasteiger partial charge in [-0.15, -0.1) is 11.8 Å². The Kier molecular flexibility index (Phi) is 3.02. The third kappa shape index (κ3) is 2.18. The van der Waals surface area contributed by atoms with E-state index in [9.17, 15) is 4.79 Å². The molecule has 0 fully saturated rings. The average Bonchev–Trinajstić information content (AvgIpc) is 2.61. The smallest absolute Gasteiger partial charge is 0.364 e. The number of aromatic nitrogens is 4. The van der Waals surface area contributed by atoms with Crippen LogP contribution in [0.15, 0.2) is 22.0 Å². The van der Waals surface area contributed by atoms with Crippen LogP contribution in [-0.2, 0) is 0 Å². The molecule has 0 aliphatic carbocycles. The van der Waals surface area contributed by atoms with Crippen molar-refractivity contribution in [2.45, 2.75) is 11.4 Å². The van der Waals surface area contributed by atoms with E-state index < -0.39 is 0 Å². The van der Waals surface area contributed by atoms with E-state index in [4.69, 9.17) is 5.11 Å². The number of aliphatic hydroxyl groups is 1. The summed E-state index contributed by atoms with van der Waals surface area (Å²) >= 11 is 1.50. The molecule has 0 atom stereocenters. The van der Waals surface area contributed by atoms with E-state index in [1.165, 1.54) is 16.3 Å². The Balaban J connectivity index is 2.22. The van der Waals surface area contributed by atoms with Gasteiger partial charge in [0.05, 0.1) is 0 Å². The molecule has 0 saturated carbocycles. The van der Waals surface area contributed by atoms with Crippen LogP contribution < -0.4 is 5.69 Å². The van der Waals surface area contributed by atoms with E-state index in [0.717, 1.165) is 10.8 Å². The van der Waals surface area contributed by atoms with E-state index in [1.54, 1.807) is 12.1 Å². The van der Waals surface area contributed by atoms with Gasteiger partial charge in [-0.2, -0.15) is 14.7 Å². The van der Waals surface area contributed by atoms with E-state index in [-0.39, 0.29) is 12.3 Å². The summed E-state index contributed by atoms with van der Waals surface area (Å²) in [4.78, 5) is 11.2. The lowest BCUT2D eigenvalue weighted by atomic mass is 10.5. The normalized spacial score (nSPS) is 11.0. The first-order valence-electron chi connectivity index (χ1n) is 4.49. The number of aliphatic hydroxyl groups excluding tert-OH is 1. The monoisotopic (exact) mass is 226 g/mol. The Labute approximate surface area is 89.3 Å². The molecular weight excluding hydrogens is 216 g/mol. The number of nitrogens with zero attached hydrogens (tertiary/aromatic N) is 3. The standard InChI is InChI=1S/C8H10N4O2S/c13-4-1-5-15-7-3-2-6-9-10-8(14)12(6)11-7/h2-3,13H,1,4-5H2,(H,10,14). The van der Waals surface area contributed by atoms with Crippen molar-refractivity contribution in [1.29, 1.82) is 0 Å². The van der Waals surface area contributed by atoms with Crippen molar-refractivity contribution in [3.8, 4) is 0 Å². The van der Waals surface area contributed by atoms with Crippen LogP contribution in [0, 0.1) is 0 Å². The largest absolute Gasteiger partial charge is 0.396 e. The van der Waals surface area contributed by atoms with Crippen molar-refractivity contribution in [2.24, 2.45) is 0 Å². The fourth-order valence-electron chi connectivity index (χ4n) is 1.10. The van der Waals surface area contributed by atoms with Crippen molar-refractivity contribution >= 4 is 17.4 Å². The van der Waals surface area contributed by atoms with E-state index >= 15 is 0 Å². The number of hydrogen-bond donors (Lipinski definition) is 2. The number of thioether (sulfide) groups is 1. The summed E-state index contributed by atoms with van der Waals surface area (Å²) in [6, 6.07) is 3.53. The zero-order valence-electron chi connectivity index (χ0n) is 7.88. The Bertz CT molecular complexity index is 507. The lowest BCUT2D eigenvalue weighted by molar-refractivity contribution is 0.296. The number of nitrogens with one attached hydrogen (secondary N) is 1. The van der Waals surface area contributed by atoms with Gasteiger partial charge in [-0.1, -0.05) is 0 Å². The van der Waals surface area contributed by atoms with Crippen molar-refractivity contribution in [2.75, 3.05) is 12.4 Å². The minimum atomic E-state index is -0.338. The maximum atomic E-state index is 11.2. The zero-order chi connectivity index (χ0) is 10.7. The van der Waals surface area contributed by atoms with E-state index in [1.807, 2.05) is 0 Å². The molecule has 0 aliphatic rings. The fraction of sp³-hybridized carbons (Fsp3) is 0.375. The van der Waals surface area contributed by atoms with Crippen LogP contribution in [0.2, 0.25) is 0 Å². The Morgan fingerprint density at radius 2 is 2.40 bits per heavy atom. The van der Waals surface area contributed by atoms with Gasteiger partial charge in [0, 0.05) is 12.4 Å². The Morgan fingerprint density at radius 3 is 3.20 bits per heavy atom. The molecule has 2 aromatic rings. The van der Waals surface area contributed by atoms with Crippen molar-refractivity contribution in [1.82, 2.24) is 19.8 Å². The van der Waals surface area contributed by atoms with Crippen molar-refractivity contribution in [3.63, 3.8) is 0 Å². The predicted molar refractivity (Wildman–Crippen MR) is 56.0 cm³/mol. The second-order valence-corrected chi connectivity index (χ2v) is 4.01. The van der Waals surface area contributed by atoms with Crippen LogP contribution in [0.3, 0.4) is 0 Å². The number of rotatable bonds is 4. The summed E-state index contributed by atoms with van der Waals surface area (Å²) in [7, 11) is 0. The van der Waals surface area contributed by atoms with Crippen LogP contribution >= 0.6 is 11.8 Å². The fourth-order valence-corrected chi connectivity index (χ4v) is 1.89. The van der Waals surface area contributed by atoms with Gasteiger partial charge in [-0.05, 0) is 18.6 Å². The molecule has 2 rings (SSSR count). The SMILES string of the molecule is O=c1[nH]nc2ccc(SCCCO)nn12. The van der Waals surface area contributed by atoms with Gasteiger partial charge >= 0.3 is 5.69 Å². The molecule has 7 heteroatoms. The van der Waals surface area contributed by atoms with Crippen LogP contribution in [0.25, 0.3) is 5.65 Å². The predicted octanol–water partition coefficient (Wildman–Crippen LogP) is -0.108. The molecule has 0 amide bonds. The lowest BCUT2D eigenvalue weighted by Crippen LogP contribution is -2.12. The summed E-state index contributed by atoms with van der Waals surface area (Å²) in [5, 5.41) is 19.6. The maximum absolute atomic E-state index is 11.2. The second kappa shape index (κ2) is 4.45. The molecule has 0 aliphatic heterocycles. The summed E-state index contributed by atoms with van der Waals surface area (Å²) in [5.41, 5.74) is 0.168. The first-order valence-corrected chi connectivity index (χ1v) is 5.48. The van der Waals surface area contributed by atoms with Crippen molar-refractivity contribution in [3.05, 3.63) is 22.6 Å². The average molecular weight is 226 g/mol. The van der Waals surface area contributed by atoms with Gasteiger partial charge in [0.1, 0.15) is 5.03 Å². The number of H-pyrrole nitrogens is 1. The van der Waals surface area contributed by atoms with Crippen LogP contribution in [0.4, 0.5) is 0 Å². The minimum absolute atomic E-state index is 0.168. The highest BCUT2D eigenvalue weighted by Gasteiger charge is 2.02. The second-order valence-electron chi connectivity index (χ2n) is 2.90. The Hall–Kier alpha value is -1.34. The molecule has 0 spiro atoms. The molecule has 2 aromatic heterocycles. The molecule has 6 nitrogen and oxygen atoms in total. The first-order chi connectivity index (χ1) is 7.31. The molecule has 15 heavy (non-hydrogen) atoms. The van der Waals surface area contributed by atoms with Gasteiger partial charge in [0.15, 0.2) is 5.65 Å². The highest BCUT2D eigenvalue weighted by atomic mass is 32.2. The highest BCUT2D eigenvalue weighted by molar-refractivity contribution is 7.99. The van der Waals surface area contributed by atoms with E-state index in [0.29, 0.717) is 12.1 Å². The molecular formula is C8H10N4O2S. The van der Waals surface area contributed by atoms with Crippen LogP contribution in [-0.4, -0.2) is 37.3 Å². The van der Waals surface area contributed by atoms with Crippen molar-refractivity contribution < 1.29 is 5.11 Å². The summed E-state index contributed by atoms with van der Waals surface area (Å²) in [6.07, 6.45) is 0.713. The molecule has 2 heterocycles. The summed E-state index contributed by atoms with van der Waals surface area (Å²) < 4.78 is 1.22. The molecule has 0 saturated heterocycles. The molecule has 0 aromatic carbocycles. The van der Waals surface area contributed by atoms with Gasteiger partial charge in [-0.25, -0.2) is 9.89 Å². The zero-order valence-corrected chi connectivity index (χ0v) is 8.70. The third-order valence-electron chi connectivity index (χ3n) is 1.80. The van der Waals surface area contributed by atoms with Gasteiger partial charge in [-0.3, -0.25) is 0 Å². The topological polar surface area (TPSA) is 83.3 Å². The Morgan fingerprint density at radius 1 is 1.53 bits per heavy atom. The first kappa shape index (κ1) is 10.2. The number of aromatic amines is 1. The highest BCUT2D eigenvalue weighted by Crippen LogP contribution is 2.14. The molecule has 2 N–H and O–H groups in total. The third-order valence-corrected chi connectivity index (χ3v) is 2.81. The lowest BCUT2D eigenvalue weighted by Gasteiger charge is -1.98. The number of fused-ring (bicyclic) bond motifs is 1. The summed E-state index contributed by atoms with van der Waals surface area (Å²) in [6.45, 7) is 0.168. The van der Waals surface area contributed by atoms with E-state index in [2.05, 4.69) is 15.3 Å². The molecule has 0 unspecified atom stereocenters. The quantitative estimate of drug-likeness (QED) is 0.561. The van der Waals surface area contributed by atoms with Crippen LogP contribution in [0.1, 0.15) is 6.42 Å². The minimum Gasteiger partial charge on any atom is -0.396 e. The van der Waals surface area contributed by atoms with Gasteiger partial charge in [0.25, 0.3) is 0 Å². The van der Waals surface area contributed by atoms with Crippen LogP contribution in [0.5, 0.6) is 0 Å². The van der Waals surface area contributed by atoms with Gasteiger partial charge < -0.3 is 5.11 Å².